The van der Waals surface area contributed by atoms with Crippen molar-refractivity contribution in [2.75, 3.05) is 0 Å². The largest absolute Gasteiger partial charge is 0.480 e. The molecule has 1 aliphatic rings. The molecule has 1 aromatic rings. The van der Waals surface area contributed by atoms with Crippen molar-refractivity contribution in [2.24, 2.45) is 5.92 Å². The predicted octanol–water partition coefficient (Wildman–Crippen LogP) is 2.09. The molecule has 1 fully saturated rings. The van der Waals surface area contributed by atoms with Crippen LogP contribution >= 0.6 is 0 Å². The first kappa shape index (κ1) is 18.0. The van der Waals surface area contributed by atoms with Crippen LogP contribution in [0.2, 0.25) is 0 Å². The first-order chi connectivity index (χ1) is 11.5. The monoisotopic (exact) mass is 332 g/mol. The minimum absolute atomic E-state index is 0.104. The van der Waals surface area contributed by atoms with E-state index >= 15 is 0 Å². The van der Waals surface area contributed by atoms with E-state index in [1.54, 1.807) is 24.3 Å². The molecule has 6 heteroatoms. The first-order valence-corrected chi connectivity index (χ1v) is 8.37. The molecule has 1 unspecified atom stereocenters. The minimum Gasteiger partial charge on any atom is -0.480 e. The summed E-state index contributed by atoms with van der Waals surface area (Å²) in [6.07, 6.45) is 5.39. The fraction of sp³-hybridized carbons (Fsp3) is 0.500. The Kier molecular flexibility index (Phi) is 6.35. The maximum atomic E-state index is 12.1. The van der Waals surface area contributed by atoms with Gasteiger partial charge in [-0.05, 0) is 37.5 Å². The van der Waals surface area contributed by atoms with Gasteiger partial charge < -0.3 is 15.7 Å². The van der Waals surface area contributed by atoms with E-state index in [4.69, 9.17) is 5.11 Å². The summed E-state index contributed by atoms with van der Waals surface area (Å²) in [7, 11) is 0. The van der Waals surface area contributed by atoms with Crippen molar-refractivity contribution in [1.82, 2.24) is 10.6 Å². The molecule has 0 heterocycles. The summed E-state index contributed by atoms with van der Waals surface area (Å²) in [6, 6.07) is 5.85. The Bertz CT molecular complexity index is 592. The number of hydrogen-bond donors (Lipinski definition) is 3. The van der Waals surface area contributed by atoms with Crippen LogP contribution in [0.3, 0.4) is 0 Å². The van der Waals surface area contributed by atoms with Crippen molar-refractivity contribution in [3.8, 4) is 0 Å². The molecule has 1 atom stereocenters. The van der Waals surface area contributed by atoms with Gasteiger partial charge in [-0.3, -0.25) is 14.4 Å². The molecule has 0 spiro atoms. The van der Waals surface area contributed by atoms with E-state index in [2.05, 4.69) is 10.6 Å². The molecule has 0 saturated heterocycles. The Hall–Kier alpha value is -2.37. The van der Waals surface area contributed by atoms with Crippen LogP contribution in [0.4, 0.5) is 0 Å². The van der Waals surface area contributed by atoms with Crippen molar-refractivity contribution in [3.63, 3.8) is 0 Å². The summed E-state index contributed by atoms with van der Waals surface area (Å²) in [6.45, 7) is 1.85. The van der Waals surface area contributed by atoms with E-state index in [1.807, 2.05) is 0 Å². The van der Waals surface area contributed by atoms with Gasteiger partial charge in [0.25, 0.3) is 5.91 Å². The highest BCUT2D eigenvalue weighted by molar-refractivity contribution is 5.96. The number of amides is 2. The van der Waals surface area contributed by atoms with Crippen LogP contribution < -0.4 is 10.6 Å². The molecule has 1 aliphatic carbocycles. The third kappa shape index (κ3) is 5.08. The Morgan fingerprint density at radius 2 is 1.75 bits per heavy atom. The van der Waals surface area contributed by atoms with Crippen LogP contribution in [0.25, 0.3) is 0 Å². The van der Waals surface area contributed by atoms with Crippen LogP contribution in [0.1, 0.15) is 54.9 Å². The van der Waals surface area contributed by atoms with Crippen molar-refractivity contribution < 1.29 is 19.5 Å². The second-order valence-corrected chi connectivity index (χ2v) is 6.28. The lowest BCUT2D eigenvalue weighted by Gasteiger charge is -2.20. The zero-order chi connectivity index (χ0) is 17.5. The molecule has 2 rings (SSSR count). The van der Waals surface area contributed by atoms with Gasteiger partial charge in [0.15, 0.2) is 0 Å². The van der Waals surface area contributed by atoms with Gasteiger partial charge >= 0.3 is 5.97 Å². The van der Waals surface area contributed by atoms with Gasteiger partial charge in [0, 0.05) is 18.0 Å². The summed E-state index contributed by atoms with van der Waals surface area (Å²) < 4.78 is 0. The zero-order valence-electron chi connectivity index (χ0n) is 13.9. The van der Waals surface area contributed by atoms with E-state index < -0.39 is 17.9 Å². The number of nitrogens with one attached hydrogen (secondary N) is 2. The Morgan fingerprint density at radius 1 is 1.12 bits per heavy atom. The van der Waals surface area contributed by atoms with E-state index in [0.717, 1.165) is 31.2 Å². The van der Waals surface area contributed by atoms with Crippen molar-refractivity contribution in [3.05, 3.63) is 35.4 Å². The van der Waals surface area contributed by atoms with Gasteiger partial charge in [-0.1, -0.05) is 31.4 Å². The van der Waals surface area contributed by atoms with Crippen molar-refractivity contribution in [1.29, 1.82) is 0 Å². The van der Waals surface area contributed by atoms with Gasteiger partial charge in [0.1, 0.15) is 6.04 Å². The van der Waals surface area contributed by atoms with Crippen LogP contribution in [0.5, 0.6) is 0 Å². The third-order valence-electron chi connectivity index (χ3n) is 4.38. The number of carbonyl (C=O) groups is 3. The quantitative estimate of drug-likeness (QED) is 0.743. The molecular formula is C18H24N2O4. The number of carboxylic acids is 1. The summed E-state index contributed by atoms with van der Waals surface area (Å²) in [5.41, 5.74) is 1.30. The van der Waals surface area contributed by atoms with E-state index in [1.165, 1.54) is 13.3 Å². The SMILES string of the molecule is CC(NC(=O)c1ccc(CNC(=O)C2CCCCC2)cc1)C(=O)O. The Balaban J connectivity index is 1.84. The molecule has 24 heavy (non-hydrogen) atoms. The van der Waals surface area contributed by atoms with Crippen LogP contribution in [0.15, 0.2) is 24.3 Å². The van der Waals surface area contributed by atoms with Gasteiger partial charge in [-0.2, -0.15) is 0 Å². The number of hydrogen-bond acceptors (Lipinski definition) is 3. The minimum atomic E-state index is -1.08. The number of benzene rings is 1. The van der Waals surface area contributed by atoms with Gasteiger partial charge in [0.05, 0.1) is 0 Å². The number of aliphatic carboxylic acids is 1. The fourth-order valence-electron chi connectivity index (χ4n) is 2.81. The standard InChI is InChI=1S/C18H24N2O4/c1-12(18(23)24)20-17(22)15-9-7-13(8-10-15)11-19-16(21)14-5-3-2-4-6-14/h7-10,12,14H,2-6,11H2,1H3,(H,19,21)(H,20,22)(H,23,24). The molecule has 2 amide bonds. The number of rotatable bonds is 6. The lowest BCUT2D eigenvalue weighted by Crippen LogP contribution is -2.38. The normalized spacial score (nSPS) is 16.2. The van der Waals surface area contributed by atoms with E-state index in [0.29, 0.717) is 12.1 Å². The van der Waals surface area contributed by atoms with Gasteiger partial charge in [0.2, 0.25) is 5.91 Å². The average Bonchev–Trinajstić information content (AvgIpc) is 2.60. The first-order valence-electron chi connectivity index (χ1n) is 8.37. The number of carbonyl (C=O) groups excluding carboxylic acids is 2. The Morgan fingerprint density at radius 3 is 2.33 bits per heavy atom. The highest BCUT2D eigenvalue weighted by Crippen LogP contribution is 2.23. The second-order valence-electron chi connectivity index (χ2n) is 6.28. The van der Waals surface area contributed by atoms with Crippen LogP contribution in [0, 0.1) is 5.92 Å². The van der Waals surface area contributed by atoms with Crippen molar-refractivity contribution in [2.45, 2.75) is 51.6 Å². The summed E-state index contributed by atoms with van der Waals surface area (Å²) in [5.74, 6) is -1.28. The lowest BCUT2D eigenvalue weighted by atomic mass is 9.88. The summed E-state index contributed by atoms with van der Waals surface area (Å²) >= 11 is 0. The van der Waals surface area contributed by atoms with E-state index in [9.17, 15) is 14.4 Å². The molecule has 0 bridgehead atoms. The molecule has 1 aromatic carbocycles. The average molecular weight is 332 g/mol. The molecular weight excluding hydrogens is 308 g/mol. The highest BCUT2D eigenvalue weighted by Gasteiger charge is 2.20. The van der Waals surface area contributed by atoms with Gasteiger partial charge in [-0.15, -0.1) is 0 Å². The summed E-state index contributed by atoms with van der Waals surface area (Å²) in [4.78, 5) is 34.7. The second kappa shape index (κ2) is 8.47. The number of carboxylic acid groups (broad SMARTS) is 1. The molecule has 1 saturated carbocycles. The molecule has 6 nitrogen and oxygen atoms in total. The zero-order valence-corrected chi connectivity index (χ0v) is 13.9. The molecule has 0 aromatic heterocycles. The lowest BCUT2D eigenvalue weighted by molar-refractivity contribution is -0.138. The van der Waals surface area contributed by atoms with Crippen LogP contribution in [-0.2, 0) is 16.1 Å². The van der Waals surface area contributed by atoms with Crippen molar-refractivity contribution >= 4 is 17.8 Å². The topological polar surface area (TPSA) is 95.5 Å². The maximum Gasteiger partial charge on any atom is 0.325 e. The Labute approximate surface area is 141 Å². The third-order valence-corrected chi connectivity index (χ3v) is 4.38. The highest BCUT2D eigenvalue weighted by atomic mass is 16.4. The molecule has 130 valence electrons. The van der Waals surface area contributed by atoms with E-state index in [-0.39, 0.29) is 11.8 Å². The fourth-order valence-corrected chi connectivity index (χ4v) is 2.81. The van der Waals surface area contributed by atoms with Crippen LogP contribution in [-0.4, -0.2) is 28.9 Å². The molecule has 0 aliphatic heterocycles. The smallest absolute Gasteiger partial charge is 0.325 e. The molecule has 0 radical (unpaired) electrons. The summed E-state index contributed by atoms with van der Waals surface area (Å²) in [5, 5.41) is 14.1. The maximum absolute atomic E-state index is 12.1. The molecule has 3 N–H and O–H groups in total. The predicted molar refractivity (Wildman–Crippen MR) is 89.4 cm³/mol. The van der Waals surface area contributed by atoms with Gasteiger partial charge in [-0.25, -0.2) is 0 Å².